The van der Waals surface area contributed by atoms with E-state index in [9.17, 15) is 4.79 Å². The fourth-order valence-electron chi connectivity index (χ4n) is 1.89. The van der Waals surface area contributed by atoms with Gasteiger partial charge in [-0.1, -0.05) is 12.1 Å². The van der Waals surface area contributed by atoms with Crippen molar-refractivity contribution in [3.05, 3.63) is 29.8 Å². The van der Waals surface area contributed by atoms with Gasteiger partial charge >= 0.3 is 0 Å². The first-order valence-corrected chi connectivity index (χ1v) is 6.75. The number of hydrogen-bond donors (Lipinski definition) is 2. The van der Waals surface area contributed by atoms with Crippen LogP contribution >= 0.6 is 0 Å². The summed E-state index contributed by atoms with van der Waals surface area (Å²) in [6.45, 7) is 4.91. The maximum atomic E-state index is 11.9. The summed E-state index contributed by atoms with van der Waals surface area (Å²) in [6, 6.07) is 7.61. The maximum Gasteiger partial charge on any atom is 0.236 e. The number of rotatable bonds is 8. The normalized spacial score (nSPS) is 13.6. The predicted octanol–water partition coefficient (Wildman–Crippen LogP) is 1.50. The molecule has 2 N–H and O–H groups in total. The first-order valence-electron chi connectivity index (χ1n) is 6.75. The summed E-state index contributed by atoms with van der Waals surface area (Å²) in [6.07, 6.45) is 0. The van der Waals surface area contributed by atoms with E-state index in [2.05, 4.69) is 10.6 Å². The number of amides is 1. The third kappa shape index (κ3) is 5.19. The average Bonchev–Trinajstić information content (AvgIpc) is 2.47. The molecular weight excluding hydrogens is 256 g/mol. The van der Waals surface area contributed by atoms with Crippen LogP contribution in [0.3, 0.4) is 0 Å². The molecular formula is C15H24N2O3. The number of benzene rings is 1. The minimum Gasteiger partial charge on any atom is -0.497 e. The van der Waals surface area contributed by atoms with E-state index in [1.165, 1.54) is 0 Å². The fourth-order valence-corrected chi connectivity index (χ4v) is 1.89. The van der Waals surface area contributed by atoms with Gasteiger partial charge in [0.2, 0.25) is 5.91 Å². The molecule has 0 saturated heterocycles. The summed E-state index contributed by atoms with van der Waals surface area (Å²) in [5, 5.41) is 6.08. The maximum absolute atomic E-state index is 11.9. The summed E-state index contributed by atoms with van der Waals surface area (Å²) in [4.78, 5) is 11.9. The molecule has 0 aromatic heterocycles. The van der Waals surface area contributed by atoms with E-state index >= 15 is 0 Å². The van der Waals surface area contributed by atoms with Crippen molar-refractivity contribution in [2.45, 2.75) is 25.9 Å². The smallest absolute Gasteiger partial charge is 0.236 e. The number of nitrogens with one attached hydrogen (secondary N) is 2. The van der Waals surface area contributed by atoms with Crippen LogP contribution in [-0.2, 0) is 9.53 Å². The van der Waals surface area contributed by atoms with Gasteiger partial charge in [-0.15, -0.1) is 0 Å². The summed E-state index contributed by atoms with van der Waals surface area (Å²) in [5.41, 5.74) is 1.08. The lowest BCUT2D eigenvalue weighted by atomic mass is 10.1. The molecule has 0 spiro atoms. The fraction of sp³-hybridized carbons (Fsp3) is 0.533. The van der Waals surface area contributed by atoms with Gasteiger partial charge in [-0.05, 0) is 31.5 Å². The molecule has 0 fully saturated rings. The Morgan fingerprint density at radius 2 is 2.05 bits per heavy atom. The first-order chi connectivity index (χ1) is 9.58. The lowest BCUT2D eigenvalue weighted by Gasteiger charge is -2.20. The molecule has 1 aromatic carbocycles. The van der Waals surface area contributed by atoms with Crippen LogP contribution in [0.1, 0.15) is 25.5 Å². The van der Waals surface area contributed by atoms with Crippen molar-refractivity contribution in [3.63, 3.8) is 0 Å². The van der Waals surface area contributed by atoms with Crippen molar-refractivity contribution in [2.75, 3.05) is 27.4 Å². The number of carbonyl (C=O) groups excluding carboxylic acids is 1. The topological polar surface area (TPSA) is 59.6 Å². The molecule has 0 saturated carbocycles. The second kappa shape index (κ2) is 8.55. The van der Waals surface area contributed by atoms with Crippen molar-refractivity contribution in [1.82, 2.24) is 10.6 Å². The molecule has 0 bridgehead atoms. The number of carbonyl (C=O) groups is 1. The molecule has 0 aliphatic rings. The van der Waals surface area contributed by atoms with E-state index in [-0.39, 0.29) is 18.0 Å². The van der Waals surface area contributed by atoms with Gasteiger partial charge in [-0.3, -0.25) is 10.1 Å². The van der Waals surface area contributed by atoms with E-state index < -0.39 is 0 Å². The molecule has 0 aliphatic heterocycles. The third-order valence-corrected chi connectivity index (χ3v) is 3.09. The van der Waals surface area contributed by atoms with Crippen molar-refractivity contribution < 1.29 is 14.3 Å². The monoisotopic (exact) mass is 280 g/mol. The van der Waals surface area contributed by atoms with Crippen molar-refractivity contribution in [1.29, 1.82) is 0 Å². The average molecular weight is 280 g/mol. The highest BCUT2D eigenvalue weighted by Gasteiger charge is 2.16. The highest BCUT2D eigenvalue weighted by Crippen LogP contribution is 2.19. The van der Waals surface area contributed by atoms with Crippen molar-refractivity contribution >= 4 is 5.91 Å². The van der Waals surface area contributed by atoms with Crippen LogP contribution < -0.4 is 15.4 Å². The summed E-state index contributed by atoms with van der Waals surface area (Å²) >= 11 is 0. The van der Waals surface area contributed by atoms with E-state index in [4.69, 9.17) is 9.47 Å². The molecule has 1 unspecified atom stereocenters. The second-order valence-corrected chi connectivity index (χ2v) is 4.67. The third-order valence-electron chi connectivity index (χ3n) is 3.09. The van der Waals surface area contributed by atoms with Gasteiger partial charge in [-0.2, -0.15) is 0 Å². The van der Waals surface area contributed by atoms with Crippen LogP contribution in [0.2, 0.25) is 0 Å². The first kappa shape index (κ1) is 16.5. The van der Waals surface area contributed by atoms with Crippen molar-refractivity contribution in [3.8, 4) is 5.75 Å². The van der Waals surface area contributed by atoms with Gasteiger partial charge < -0.3 is 14.8 Å². The number of methoxy groups -OCH3 is 2. The van der Waals surface area contributed by atoms with E-state index in [0.29, 0.717) is 13.2 Å². The zero-order chi connectivity index (χ0) is 15.0. The molecule has 112 valence electrons. The molecule has 5 nitrogen and oxygen atoms in total. The molecule has 5 heteroatoms. The van der Waals surface area contributed by atoms with Gasteiger partial charge in [0, 0.05) is 19.7 Å². The molecule has 0 heterocycles. The lowest BCUT2D eigenvalue weighted by molar-refractivity contribution is -0.123. The Balaban J connectivity index is 2.51. The van der Waals surface area contributed by atoms with Crippen LogP contribution in [0.15, 0.2) is 24.3 Å². The number of hydrogen-bond acceptors (Lipinski definition) is 4. The Bertz CT molecular complexity index is 423. The second-order valence-electron chi connectivity index (χ2n) is 4.67. The summed E-state index contributed by atoms with van der Waals surface area (Å²) in [5.74, 6) is 0.783. The summed E-state index contributed by atoms with van der Waals surface area (Å²) < 4.78 is 10.1. The highest BCUT2D eigenvalue weighted by atomic mass is 16.5. The Morgan fingerprint density at radius 3 is 2.70 bits per heavy atom. The van der Waals surface area contributed by atoms with Crippen LogP contribution in [-0.4, -0.2) is 39.3 Å². The zero-order valence-corrected chi connectivity index (χ0v) is 12.6. The minimum absolute atomic E-state index is 0.0307. The molecule has 1 aromatic rings. The van der Waals surface area contributed by atoms with Gasteiger partial charge in [-0.25, -0.2) is 0 Å². The largest absolute Gasteiger partial charge is 0.497 e. The molecule has 0 aliphatic carbocycles. The Labute approximate surface area is 120 Å². The van der Waals surface area contributed by atoms with Crippen LogP contribution in [0.25, 0.3) is 0 Å². The molecule has 20 heavy (non-hydrogen) atoms. The standard InChI is InChI=1S/C15H24N2O3/c1-11(13-6-5-7-14(10-13)20-4)17-12(2)15(18)16-8-9-19-3/h5-7,10-12,17H,8-9H2,1-4H3,(H,16,18)/t11-,12?/m0/s1. The lowest BCUT2D eigenvalue weighted by Crippen LogP contribution is -2.44. The van der Waals surface area contributed by atoms with Gasteiger partial charge in [0.15, 0.2) is 0 Å². The SMILES string of the molecule is COCCNC(=O)C(C)N[C@@H](C)c1cccc(OC)c1. The Kier molecular flexibility index (Phi) is 7.04. The van der Waals surface area contributed by atoms with Crippen LogP contribution in [0, 0.1) is 0 Å². The van der Waals surface area contributed by atoms with E-state index in [1.54, 1.807) is 14.2 Å². The highest BCUT2D eigenvalue weighted by molar-refractivity contribution is 5.81. The molecule has 1 amide bonds. The van der Waals surface area contributed by atoms with E-state index in [0.717, 1.165) is 11.3 Å². The number of ether oxygens (including phenoxy) is 2. The summed E-state index contributed by atoms with van der Waals surface area (Å²) in [7, 11) is 3.25. The van der Waals surface area contributed by atoms with Crippen LogP contribution in [0.5, 0.6) is 5.75 Å². The molecule has 1 rings (SSSR count). The molecule has 0 radical (unpaired) electrons. The van der Waals surface area contributed by atoms with Crippen molar-refractivity contribution in [2.24, 2.45) is 0 Å². The minimum atomic E-state index is -0.270. The van der Waals surface area contributed by atoms with Gasteiger partial charge in [0.25, 0.3) is 0 Å². The van der Waals surface area contributed by atoms with Gasteiger partial charge in [0.05, 0.1) is 19.8 Å². The Morgan fingerprint density at radius 1 is 1.30 bits per heavy atom. The Hall–Kier alpha value is -1.59. The van der Waals surface area contributed by atoms with Gasteiger partial charge in [0.1, 0.15) is 5.75 Å². The van der Waals surface area contributed by atoms with E-state index in [1.807, 2.05) is 38.1 Å². The molecule has 2 atom stereocenters. The zero-order valence-electron chi connectivity index (χ0n) is 12.6. The predicted molar refractivity (Wildman–Crippen MR) is 78.9 cm³/mol. The quantitative estimate of drug-likeness (QED) is 0.708. The van der Waals surface area contributed by atoms with Crippen LogP contribution in [0.4, 0.5) is 0 Å².